The zero-order valence-corrected chi connectivity index (χ0v) is 12.6. The molecular formula is C14H12N4O3S. The van der Waals surface area contributed by atoms with Gasteiger partial charge in [-0.2, -0.15) is 0 Å². The highest BCUT2D eigenvalue weighted by Gasteiger charge is 2.29. The molecule has 3 aromatic heterocycles. The van der Waals surface area contributed by atoms with Crippen LogP contribution in [-0.4, -0.2) is 16.0 Å². The van der Waals surface area contributed by atoms with Gasteiger partial charge in [-0.3, -0.25) is 4.79 Å². The first-order valence-corrected chi connectivity index (χ1v) is 7.66. The van der Waals surface area contributed by atoms with Gasteiger partial charge in [0.15, 0.2) is 13.0 Å². The van der Waals surface area contributed by atoms with Crippen LogP contribution >= 0.6 is 11.3 Å². The van der Waals surface area contributed by atoms with Gasteiger partial charge >= 0.3 is 5.69 Å². The molecular weight excluding hydrogens is 304 g/mol. The molecule has 0 amide bonds. The first-order chi connectivity index (χ1) is 10.6. The van der Waals surface area contributed by atoms with Gasteiger partial charge in [-0.15, -0.1) is 11.3 Å². The van der Waals surface area contributed by atoms with Gasteiger partial charge in [-0.25, -0.2) is 4.98 Å². The molecule has 22 heavy (non-hydrogen) atoms. The normalized spacial score (nSPS) is 13.7. The predicted molar refractivity (Wildman–Crippen MR) is 76.6 cm³/mol. The molecule has 1 aliphatic rings. The monoisotopic (exact) mass is 316 g/mol. The number of ketones is 1. The van der Waals surface area contributed by atoms with Crippen molar-refractivity contribution in [1.82, 2.24) is 10.3 Å². The first-order valence-electron chi connectivity index (χ1n) is 6.84. The lowest BCUT2D eigenvalue weighted by Gasteiger charge is -1.99. The molecule has 0 radical (unpaired) electrons. The Hall–Kier alpha value is -2.48. The Morgan fingerprint density at radius 1 is 1.50 bits per heavy atom. The fourth-order valence-electron chi connectivity index (χ4n) is 2.83. The van der Waals surface area contributed by atoms with Crippen LogP contribution in [0, 0.1) is 0 Å². The number of nitrogens with zero attached hydrogens (tertiary/aromatic N) is 3. The molecule has 0 saturated heterocycles. The van der Waals surface area contributed by atoms with E-state index in [1.807, 2.05) is 6.07 Å². The first kappa shape index (κ1) is 13.2. The zero-order chi connectivity index (χ0) is 15.4. The predicted octanol–water partition coefficient (Wildman–Crippen LogP) is 0.484. The molecule has 3 heterocycles. The molecule has 112 valence electrons. The van der Waals surface area contributed by atoms with Gasteiger partial charge in [0.2, 0.25) is 0 Å². The van der Waals surface area contributed by atoms with Crippen molar-refractivity contribution in [3.05, 3.63) is 27.9 Å². The van der Waals surface area contributed by atoms with E-state index in [-0.39, 0.29) is 5.69 Å². The Kier molecular flexibility index (Phi) is 2.70. The summed E-state index contributed by atoms with van der Waals surface area (Å²) < 4.78 is 5.63. The van der Waals surface area contributed by atoms with Crippen LogP contribution in [-0.2, 0) is 19.9 Å². The number of carbonyl (C=O) groups excluding carboxylic acids is 1. The lowest BCUT2D eigenvalue weighted by molar-refractivity contribution is -0.741. The van der Waals surface area contributed by atoms with E-state index >= 15 is 0 Å². The summed E-state index contributed by atoms with van der Waals surface area (Å²) in [6, 6.07) is 2.01. The van der Waals surface area contributed by atoms with Crippen LogP contribution in [0.2, 0.25) is 0 Å². The summed E-state index contributed by atoms with van der Waals surface area (Å²) in [6.07, 6.45) is 3.04. The largest absolute Gasteiger partial charge is 0.539 e. The average molecular weight is 316 g/mol. The van der Waals surface area contributed by atoms with E-state index in [9.17, 15) is 9.90 Å². The number of carbonyl (C=O) groups is 1. The van der Waals surface area contributed by atoms with E-state index < -0.39 is 11.7 Å². The number of rotatable bonds is 2. The molecule has 0 bridgehead atoms. The molecule has 0 aromatic carbocycles. The summed E-state index contributed by atoms with van der Waals surface area (Å²) in [6.45, 7) is 0. The SMILES string of the molecule is C[n+]1noc([O-])c1C(=O)c1sc2nc3c(cc2c1N)CCC3. The number of pyridine rings is 1. The minimum Gasteiger partial charge on any atom is -0.539 e. The Balaban J connectivity index is 1.89. The highest BCUT2D eigenvalue weighted by Crippen LogP contribution is 2.37. The zero-order valence-electron chi connectivity index (χ0n) is 11.8. The van der Waals surface area contributed by atoms with E-state index in [2.05, 4.69) is 14.8 Å². The topological polar surface area (TPSA) is 109 Å². The van der Waals surface area contributed by atoms with Gasteiger partial charge in [0.05, 0.1) is 11.0 Å². The van der Waals surface area contributed by atoms with Crippen molar-refractivity contribution in [3.63, 3.8) is 0 Å². The van der Waals surface area contributed by atoms with E-state index in [0.29, 0.717) is 10.6 Å². The summed E-state index contributed by atoms with van der Waals surface area (Å²) in [4.78, 5) is 18.2. The molecule has 0 saturated carbocycles. The molecule has 4 rings (SSSR count). The Morgan fingerprint density at radius 2 is 2.32 bits per heavy atom. The number of aromatic nitrogens is 3. The molecule has 8 heteroatoms. The summed E-state index contributed by atoms with van der Waals surface area (Å²) in [5, 5.41) is 15.9. The second-order valence-electron chi connectivity index (χ2n) is 5.31. The number of hydrogen-bond acceptors (Lipinski definition) is 7. The lowest BCUT2D eigenvalue weighted by Crippen LogP contribution is -2.37. The molecule has 7 nitrogen and oxygen atoms in total. The minimum atomic E-state index is -0.764. The van der Waals surface area contributed by atoms with Crippen molar-refractivity contribution in [2.24, 2.45) is 7.05 Å². The molecule has 2 N–H and O–H groups in total. The quantitative estimate of drug-likeness (QED) is 0.544. The summed E-state index contributed by atoms with van der Waals surface area (Å²) >= 11 is 1.21. The van der Waals surface area contributed by atoms with Crippen LogP contribution in [0.1, 0.15) is 33.0 Å². The van der Waals surface area contributed by atoms with Crippen LogP contribution in [0.4, 0.5) is 5.69 Å². The summed E-state index contributed by atoms with van der Waals surface area (Å²) in [5.74, 6) is -1.24. The maximum Gasteiger partial charge on any atom is 0.305 e. The second-order valence-corrected chi connectivity index (χ2v) is 6.31. The fraction of sp³-hybridized carbons (Fsp3) is 0.286. The van der Waals surface area contributed by atoms with Crippen molar-refractivity contribution in [2.75, 3.05) is 5.73 Å². The van der Waals surface area contributed by atoms with Crippen LogP contribution < -0.4 is 15.5 Å². The highest BCUT2D eigenvalue weighted by atomic mass is 32.1. The number of fused-ring (bicyclic) bond motifs is 2. The third-order valence-electron chi connectivity index (χ3n) is 3.93. The van der Waals surface area contributed by atoms with E-state index in [1.165, 1.54) is 23.9 Å². The minimum absolute atomic E-state index is 0.134. The summed E-state index contributed by atoms with van der Waals surface area (Å²) in [5.41, 5.74) is 8.63. The molecule has 3 aromatic rings. The van der Waals surface area contributed by atoms with Crippen LogP contribution in [0.3, 0.4) is 0 Å². The molecule has 1 aliphatic carbocycles. The van der Waals surface area contributed by atoms with Crippen molar-refractivity contribution < 1.29 is 19.1 Å². The number of hydrogen-bond donors (Lipinski definition) is 1. The smallest absolute Gasteiger partial charge is 0.305 e. The van der Waals surface area contributed by atoms with Gasteiger partial charge < -0.3 is 15.4 Å². The van der Waals surface area contributed by atoms with Crippen molar-refractivity contribution in [1.29, 1.82) is 0 Å². The van der Waals surface area contributed by atoms with Gasteiger partial charge in [-0.05, 0) is 30.9 Å². The third kappa shape index (κ3) is 1.73. The number of nitrogens with two attached hydrogens (primary N) is 1. The molecule has 0 fully saturated rings. The number of thiophene rings is 1. The van der Waals surface area contributed by atoms with Crippen LogP contribution in [0.15, 0.2) is 10.6 Å². The fourth-order valence-corrected chi connectivity index (χ4v) is 3.87. The Morgan fingerprint density at radius 3 is 3.05 bits per heavy atom. The van der Waals surface area contributed by atoms with E-state index in [4.69, 9.17) is 5.73 Å². The summed E-state index contributed by atoms with van der Waals surface area (Å²) in [7, 11) is 1.48. The maximum absolute atomic E-state index is 12.6. The van der Waals surface area contributed by atoms with Gasteiger partial charge in [-0.1, -0.05) is 4.68 Å². The van der Waals surface area contributed by atoms with Crippen molar-refractivity contribution >= 4 is 33.0 Å². The molecule has 0 atom stereocenters. The van der Waals surface area contributed by atoms with Crippen molar-refractivity contribution in [3.8, 4) is 5.95 Å². The number of aryl methyl sites for hydroxylation is 3. The Labute approximate surface area is 129 Å². The maximum atomic E-state index is 12.6. The Bertz CT molecular complexity index is 908. The average Bonchev–Trinajstić information content (AvgIpc) is 3.16. The van der Waals surface area contributed by atoms with Crippen molar-refractivity contribution in [2.45, 2.75) is 19.3 Å². The lowest BCUT2D eigenvalue weighted by atomic mass is 10.1. The number of anilines is 1. The van der Waals surface area contributed by atoms with Gasteiger partial charge in [0.25, 0.3) is 5.78 Å². The highest BCUT2D eigenvalue weighted by molar-refractivity contribution is 7.21. The second kappa shape index (κ2) is 4.51. The molecule has 0 unspecified atom stereocenters. The van der Waals surface area contributed by atoms with Gasteiger partial charge in [0.1, 0.15) is 9.71 Å². The third-order valence-corrected chi connectivity index (χ3v) is 5.05. The van der Waals surface area contributed by atoms with E-state index in [0.717, 1.165) is 39.9 Å². The van der Waals surface area contributed by atoms with Gasteiger partial charge in [0, 0.05) is 11.1 Å². The number of nitrogen functional groups attached to an aromatic ring is 1. The van der Waals surface area contributed by atoms with E-state index in [1.54, 1.807) is 0 Å². The molecule has 0 aliphatic heterocycles. The molecule has 0 spiro atoms. The van der Waals surface area contributed by atoms with Crippen LogP contribution in [0.25, 0.3) is 10.2 Å². The van der Waals surface area contributed by atoms with Crippen LogP contribution in [0.5, 0.6) is 5.95 Å². The standard InChI is InChI=1S/C14H12N4O3S/c1-18-10(14(20)21-17-18)11(19)12-9(15)7-5-6-3-2-4-8(6)16-13(7)22-12/h5H,2-4H2,1H3,(H2-,15,17,19,20).